The van der Waals surface area contributed by atoms with E-state index in [4.69, 9.17) is 9.47 Å². The highest BCUT2D eigenvalue weighted by atomic mass is 32.2. The second-order valence-electron chi connectivity index (χ2n) is 9.73. The fourth-order valence-electron chi connectivity index (χ4n) is 5.68. The van der Waals surface area contributed by atoms with Crippen molar-refractivity contribution in [3.63, 3.8) is 0 Å². The van der Waals surface area contributed by atoms with Gasteiger partial charge in [0.1, 0.15) is 5.76 Å². The number of ketones is 1. The number of likely N-dealkylation sites (tertiary alicyclic amines) is 1. The third-order valence-electron chi connectivity index (χ3n) is 7.49. The van der Waals surface area contributed by atoms with Crippen LogP contribution in [0.3, 0.4) is 0 Å². The summed E-state index contributed by atoms with van der Waals surface area (Å²) in [6.07, 6.45) is 0.614. The zero-order valence-electron chi connectivity index (χ0n) is 22.3. The number of methoxy groups -OCH3 is 1. The summed E-state index contributed by atoms with van der Waals surface area (Å²) in [4.78, 5) is 44.0. The molecule has 2 amide bonds. The lowest BCUT2D eigenvalue weighted by Crippen LogP contribution is -2.52. The number of hydrogen-bond donors (Lipinski definition) is 1. The van der Waals surface area contributed by atoms with Crippen molar-refractivity contribution in [1.82, 2.24) is 9.21 Å². The molecule has 3 heterocycles. The molecule has 3 aliphatic rings. The maximum absolute atomic E-state index is 14.3. The van der Waals surface area contributed by atoms with Gasteiger partial charge in [0.05, 0.1) is 36.0 Å². The van der Waals surface area contributed by atoms with E-state index in [1.807, 2.05) is 6.92 Å². The number of carbonyl (C=O) groups is 3. The molecule has 2 saturated heterocycles. The number of anilines is 1. The van der Waals surface area contributed by atoms with Crippen molar-refractivity contribution in [2.24, 2.45) is 0 Å². The van der Waals surface area contributed by atoms with E-state index in [1.54, 1.807) is 24.3 Å². The Labute approximate surface area is 232 Å². The van der Waals surface area contributed by atoms with Gasteiger partial charge in [0.25, 0.3) is 17.6 Å². The van der Waals surface area contributed by atoms with Crippen LogP contribution in [0.2, 0.25) is 0 Å². The van der Waals surface area contributed by atoms with Crippen LogP contribution in [0.5, 0.6) is 0 Å². The molecule has 3 aliphatic heterocycles. The quantitative estimate of drug-likeness (QED) is 0.289. The lowest BCUT2D eigenvalue weighted by atomic mass is 9.82. The van der Waals surface area contributed by atoms with Crippen LogP contribution < -0.4 is 4.90 Å². The number of carbonyl (C=O) groups excluding carboxylic acids is 3. The maximum atomic E-state index is 14.3. The Kier molecular flexibility index (Phi) is 7.53. The number of morpholine rings is 1. The molecule has 11 nitrogen and oxygen atoms in total. The Hall–Kier alpha value is -3.58. The number of nitrogens with zero attached hydrogens (tertiary/aromatic N) is 3. The van der Waals surface area contributed by atoms with Crippen LogP contribution in [0.25, 0.3) is 5.76 Å². The van der Waals surface area contributed by atoms with Gasteiger partial charge in [-0.05, 0) is 24.6 Å². The molecule has 1 unspecified atom stereocenters. The van der Waals surface area contributed by atoms with Crippen molar-refractivity contribution in [1.29, 1.82) is 0 Å². The molecular weight excluding hydrogens is 538 g/mol. The van der Waals surface area contributed by atoms with E-state index in [9.17, 15) is 27.9 Å². The van der Waals surface area contributed by atoms with Gasteiger partial charge in [-0.2, -0.15) is 4.31 Å². The minimum absolute atomic E-state index is 0.00215. The van der Waals surface area contributed by atoms with Gasteiger partial charge < -0.3 is 24.4 Å². The average Bonchev–Trinajstić information content (AvgIpc) is 3.35. The number of amides is 2. The standard InChI is InChI=1S/C28H31N3O8S/c1-3-11-30-22-10-5-4-9-21(22)28(27(30)35)23(25(33)26(34)31(28)14-15-38-2)24(32)19-7-6-8-20(18-19)40(36,37)29-12-16-39-17-13-29/h4-10,18,32H,3,11-17H2,1-2H3/b24-23+. The van der Waals surface area contributed by atoms with E-state index < -0.39 is 44.5 Å². The molecule has 12 heteroatoms. The average molecular weight is 570 g/mol. The number of ether oxygens (including phenoxy) is 2. The predicted octanol–water partition coefficient (Wildman–Crippen LogP) is 1.69. The zero-order valence-corrected chi connectivity index (χ0v) is 23.1. The maximum Gasteiger partial charge on any atom is 0.296 e. The molecule has 0 bridgehead atoms. The molecule has 2 fully saturated rings. The smallest absolute Gasteiger partial charge is 0.296 e. The Morgan fingerprint density at radius 3 is 2.48 bits per heavy atom. The number of rotatable bonds is 8. The number of aliphatic hydroxyl groups excluding tert-OH is 1. The van der Waals surface area contributed by atoms with Crippen LogP contribution >= 0.6 is 0 Å². The fourth-order valence-corrected chi connectivity index (χ4v) is 7.13. The number of fused-ring (bicyclic) bond motifs is 2. The van der Waals surface area contributed by atoms with E-state index in [2.05, 4.69) is 0 Å². The van der Waals surface area contributed by atoms with Gasteiger partial charge in [0, 0.05) is 44.4 Å². The van der Waals surface area contributed by atoms with Gasteiger partial charge in [-0.25, -0.2) is 8.42 Å². The molecular formula is C28H31N3O8S. The number of sulfonamides is 1. The van der Waals surface area contributed by atoms with Gasteiger partial charge in [-0.1, -0.05) is 37.3 Å². The molecule has 1 spiro atoms. The SMILES string of the molecule is CCCN1C(=O)C2(/C(=C(/O)c3cccc(S(=O)(=O)N4CCOCC4)c3)C(=O)C(=O)N2CCOC)c2ccccc21. The molecule has 2 aromatic carbocycles. The summed E-state index contributed by atoms with van der Waals surface area (Å²) in [5, 5.41) is 11.7. The highest BCUT2D eigenvalue weighted by molar-refractivity contribution is 7.89. The Bertz CT molecular complexity index is 1500. The highest BCUT2D eigenvalue weighted by Gasteiger charge is 2.66. The predicted molar refractivity (Wildman–Crippen MR) is 145 cm³/mol. The van der Waals surface area contributed by atoms with Crippen molar-refractivity contribution in [3.8, 4) is 0 Å². The van der Waals surface area contributed by atoms with E-state index in [0.717, 1.165) is 4.90 Å². The first-order valence-electron chi connectivity index (χ1n) is 13.1. The summed E-state index contributed by atoms with van der Waals surface area (Å²) in [6.45, 7) is 3.10. The van der Waals surface area contributed by atoms with E-state index in [0.29, 0.717) is 24.2 Å². The lowest BCUT2D eigenvalue weighted by Gasteiger charge is -2.34. The van der Waals surface area contributed by atoms with Gasteiger partial charge in [0.2, 0.25) is 10.0 Å². The number of hydrogen-bond acceptors (Lipinski definition) is 8. The molecule has 2 aromatic rings. The molecule has 40 heavy (non-hydrogen) atoms. The van der Waals surface area contributed by atoms with Crippen LogP contribution in [0.15, 0.2) is 59.0 Å². The molecule has 5 rings (SSSR count). The largest absolute Gasteiger partial charge is 0.507 e. The van der Waals surface area contributed by atoms with Crippen LogP contribution in [0.4, 0.5) is 5.69 Å². The molecule has 1 N–H and O–H groups in total. The second kappa shape index (κ2) is 10.8. The van der Waals surface area contributed by atoms with Crippen molar-refractivity contribution >= 4 is 39.1 Å². The Balaban J connectivity index is 1.72. The molecule has 0 radical (unpaired) electrons. The minimum atomic E-state index is -3.93. The summed E-state index contributed by atoms with van der Waals surface area (Å²) in [5.74, 6) is -3.14. The van der Waals surface area contributed by atoms with E-state index in [-0.39, 0.29) is 49.9 Å². The molecule has 0 saturated carbocycles. The summed E-state index contributed by atoms with van der Waals surface area (Å²) in [5.41, 5.74) is -1.40. The van der Waals surface area contributed by atoms with Crippen molar-refractivity contribution < 1.29 is 37.4 Å². The highest BCUT2D eigenvalue weighted by Crippen LogP contribution is 2.53. The monoisotopic (exact) mass is 569 g/mol. The van der Waals surface area contributed by atoms with Gasteiger partial charge in [0.15, 0.2) is 5.54 Å². The topological polar surface area (TPSA) is 134 Å². The molecule has 0 aliphatic carbocycles. The number of benzene rings is 2. The lowest BCUT2D eigenvalue weighted by molar-refractivity contribution is -0.144. The summed E-state index contributed by atoms with van der Waals surface area (Å²) < 4.78 is 38.4. The van der Waals surface area contributed by atoms with E-state index in [1.165, 1.54) is 40.6 Å². The first-order valence-corrected chi connectivity index (χ1v) is 14.5. The van der Waals surface area contributed by atoms with E-state index >= 15 is 0 Å². The number of aliphatic hydroxyl groups is 1. The zero-order chi connectivity index (χ0) is 28.7. The normalized spacial score (nSPS) is 22.9. The molecule has 1 atom stereocenters. The number of Topliss-reactive ketones (excluding diaryl/α,β-unsaturated/α-hetero) is 1. The minimum Gasteiger partial charge on any atom is -0.507 e. The van der Waals surface area contributed by atoms with Crippen LogP contribution in [0, 0.1) is 0 Å². The van der Waals surface area contributed by atoms with Gasteiger partial charge in [-0.15, -0.1) is 0 Å². The van der Waals surface area contributed by atoms with Crippen molar-refractivity contribution in [2.75, 3.05) is 58.0 Å². The van der Waals surface area contributed by atoms with Crippen LogP contribution in [-0.2, 0) is 39.4 Å². The first kappa shape index (κ1) is 28.0. The van der Waals surface area contributed by atoms with Crippen LogP contribution in [-0.4, -0.2) is 93.4 Å². The Morgan fingerprint density at radius 1 is 1.05 bits per heavy atom. The van der Waals surface area contributed by atoms with Crippen molar-refractivity contribution in [2.45, 2.75) is 23.8 Å². The summed E-state index contributed by atoms with van der Waals surface area (Å²) in [6, 6.07) is 12.4. The van der Waals surface area contributed by atoms with Gasteiger partial charge >= 0.3 is 0 Å². The van der Waals surface area contributed by atoms with Crippen LogP contribution in [0.1, 0.15) is 24.5 Å². The molecule has 212 valence electrons. The second-order valence-corrected chi connectivity index (χ2v) is 11.7. The summed E-state index contributed by atoms with van der Waals surface area (Å²) >= 11 is 0. The number of para-hydroxylation sites is 1. The first-order chi connectivity index (χ1) is 19.2. The van der Waals surface area contributed by atoms with Crippen molar-refractivity contribution in [3.05, 3.63) is 65.2 Å². The Morgan fingerprint density at radius 2 is 1.77 bits per heavy atom. The molecule has 0 aromatic heterocycles. The fraction of sp³-hybridized carbons (Fsp3) is 0.393. The summed E-state index contributed by atoms with van der Waals surface area (Å²) in [7, 11) is -2.48. The van der Waals surface area contributed by atoms with Gasteiger partial charge in [-0.3, -0.25) is 14.4 Å². The third-order valence-corrected chi connectivity index (χ3v) is 9.39. The third kappa shape index (κ3) is 4.14.